The zero-order chi connectivity index (χ0) is 30.0. The number of pyridine rings is 1. The van der Waals surface area contributed by atoms with E-state index in [2.05, 4.69) is 44.8 Å². The average molecular weight is 578 g/mol. The Morgan fingerprint density at radius 3 is 2.67 bits per heavy atom. The molecule has 2 aromatic rings. The van der Waals surface area contributed by atoms with E-state index in [9.17, 15) is 19.8 Å². The number of hydrogen-bond donors (Lipinski definition) is 7. The van der Waals surface area contributed by atoms with Crippen molar-refractivity contribution in [2.75, 3.05) is 19.7 Å². The Hall–Kier alpha value is -4.43. The first-order valence-electron chi connectivity index (χ1n) is 13.8. The molecule has 4 atom stereocenters. The van der Waals surface area contributed by atoms with Crippen molar-refractivity contribution in [2.45, 2.75) is 62.2 Å². The molecule has 14 nitrogen and oxygen atoms in total. The summed E-state index contributed by atoms with van der Waals surface area (Å²) >= 11 is 0. The number of para-hydroxylation sites is 1. The van der Waals surface area contributed by atoms with Crippen LogP contribution in [0, 0.1) is 6.92 Å². The second-order valence-electron chi connectivity index (χ2n) is 11.8. The van der Waals surface area contributed by atoms with Gasteiger partial charge in [0.1, 0.15) is 23.5 Å². The molecule has 4 aliphatic rings. The van der Waals surface area contributed by atoms with E-state index in [0.717, 1.165) is 12.0 Å². The van der Waals surface area contributed by atoms with Crippen molar-refractivity contribution in [2.24, 2.45) is 21.5 Å². The van der Waals surface area contributed by atoms with Crippen molar-refractivity contribution in [3.05, 3.63) is 58.9 Å². The molecule has 0 aliphatic carbocycles. The maximum absolute atomic E-state index is 13.6. The number of nitrogens with zero attached hydrogens (tertiary/aromatic N) is 4. The molecule has 1 spiro atoms. The van der Waals surface area contributed by atoms with Crippen molar-refractivity contribution in [3.8, 4) is 5.75 Å². The molecule has 5 heterocycles. The number of ether oxygens (including phenoxy) is 1. The third-order valence-corrected chi connectivity index (χ3v) is 8.66. The number of nitrogens with one attached hydrogen (secondary N) is 3. The number of benzene rings is 1. The van der Waals surface area contributed by atoms with Crippen LogP contribution in [0.1, 0.15) is 52.4 Å². The molecule has 9 N–H and O–H groups in total. The minimum Gasteiger partial charge on any atom is -0.492 e. The van der Waals surface area contributed by atoms with E-state index < -0.39 is 41.4 Å². The first-order chi connectivity index (χ1) is 19.8. The summed E-state index contributed by atoms with van der Waals surface area (Å²) < 4.78 is 5.90. The molecule has 1 saturated heterocycles. The zero-order valence-corrected chi connectivity index (χ0v) is 23.6. The predicted molar refractivity (Wildman–Crippen MR) is 153 cm³/mol. The first kappa shape index (κ1) is 27.7. The van der Waals surface area contributed by atoms with E-state index in [4.69, 9.17) is 16.2 Å². The van der Waals surface area contributed by atoms with Gasteiger partial charge in [0, 0.05) is 24.3 Å². The van der Waals surface area contributed by atoms with Crippen LogP contribution in [0.2, 0.25) is 0 Å². The number of aromatic nitrogens is 1. The zero-order valence-electron chi connectivity index (χ0n) is 23.6. The fourth-order valence-corrected chi connectivity index (χ4v) is 6.39. The third-order valence-electron chi connectivity index (χ3n) is 8.66. The number of carbonyl (C=O) groups excluding carboxylic acids is 2. The largest absolute Gasteiger partial charge is 0.492 e. The van der Waals surface area contributed by atoms with Crippen LogP contribution >= 0.6 is 0 Å². The average Bonchev–Trinajstić information content (AvgIpc) is 3.40. The molecule has 14 heteroatoms. The number of fused-ring (bicyclic) bond motifs is 1. The highest BCUT2D eigenvalue weighted by molar-refractivity contribution is 5.98. The van der Waals surface area contributed by atoms with Crippen LogP contribution < -0.4 is 32.2 Å². The summed E-state index contributed by atoms with van der Waals surface area (Å²) in [5.41, 5.74) is 12.6. The van der Waals surface area contributed by atoms with Gasteiger partial charge in [-0.05, 0) is 37.0 Å². The molecule has 1 aromatic heterocycles. The Balaban J connectivity index is 1.26. The molecule has 4 aliphatic heterocycles. The van der Waals surface area contributed by atoms with Gasteiger partial charge in [-0.15, -0.1) is 0 Å². The number of aliphatic imine (C=N–C) groups is 2. The van der Waals surface area contributed by atoms with Crippen LogP contribution in [0.5, 0.6) is 5.75 Å². The quantitative estimate of drug-likeness (QED) is 0.208. The minimum absolute atomic E-state index is 0.0250. The summed E-state index contributed by atoms with van der Waals surface area (Å²) in [6.07, 6.45) is 0.803. The molecular weight excluding hydrogens is 542 g/mol. The highest BCUT2D eigenvalue weighted by Gasteiger charge is 2.73. The lowest BCUT2D eigenvalue weighted by molar-refractivity contribution is -0.230. The maximum atomic E-state index is 13.6. The molecule has 0 saturated carbocycles. The van der Waals surface area contributed by atoms with Gasteiger partial charge in [0.2, 0.25) is 5.79 Å². The Bertz CT molecular complexity index is 1520. The van der Waals surface area contributed by atoms with Gasteiger partial charge >= 0.3 is 0 Å². The number of aliphatic hydroxyl groups is 2. The molecule has 0 radical (unpaired) electrons. The van der Waals surface area contributed by atoms with E-state index >= 15 is 0 Å². The third kappa shape index (κ3) is 4.12. The predicted octanol–water partition coefficient (Wildman–Crippen LogP) is -1.35. The fourth-order valence-electron chi connectivity index (χ4n) is 6.39. The molecule has 0 bridgehead atoms. The van der Waals surface area contributed by atoms with Crippen molar-refractivity contribution >= 4 is 23.7 Å². The Morgan fingerprint density at radius 2 is 1.90 bits per heavy atom. The summed E-state index contributed by atoms with van der Waals surface area (Å²) in [6.45, 7) is 6.27. The van der Waals surface area contributed by atoms with E-state index in [0.29, 0.717) is 18.1 Å². The highest BCUT2D eigenvalue weighted by Crippen LogP contribution is 2.45. The van der Waals surface area contributed by atoms with Gasteiger partial charge in [-0.2, -0.15) is 0 Å². The van der Waals surface area contributed by atoms with Crippen molar-refractivity contribution in [1.29, 1.82) is 0 Å². The van der Waals surface area contributed by atoms with Crippen LogP contribution in [-0.4, -0.2) is 93.1 Å². The van der Waals surface area contributed by atoms with Crippen molar-refractivity contribution < 1.29 is 24.5 Å². The summed E-state index contributed by atoms with van der Waals surface area (Å²) in [7, 11) is 0. The fraction of sp³-hybridized carbons (Fsp3) is 0.464. The summed E-state index contributed by atoms with van der Waals surface area (Å²) in [5.74, 6) is -3.19. The van der Waals surface area contributed by atoms with Crippen LogP contribution in [0.15, 0.2) is 46.4 Å². The second kappa shape index (κ2) is 9.56. The molecular formula is C28H35N9O5. The number of hydrogen-bond acceptors (Lipinski definition) is 12. The summed E-state index contributed by atoms with van der Waals surface area (Å²) in [4.78, 5) is 41.0. The van der Waals surface area contributed by atoms with Crippen molar-refractivity contribution in [1.82, 2.24) is 25.8 Å². The maximum Gasteiger partial charge on any atom is 0.269 e. The van der Waals surface area contributed by atoms with E-state index in [1.54, 1.807) is 37.3 Å². The summed E-state index contributed by atoms with van der Waals surface area (Å²) in [5, 5.41) is 31.9. The molecule has 1 unspecified atom stereocenters. The van der Waals surface area contributed by atoms with Gasteiger partial charge < -0.3 is 47.3 Å². The Kier molecular flexibility index (Phi) is 6.31. The lowest BCUT2D eigenvalue weighted by Gasteiger charge is -2.49. The molecule has 222 valence electrons. The van der Waals surface area contributed by atoms with Crippen LogP contribution in [0.4, 0.5) is 0 Å². The Morgan fingerprint density at radius 1 is 1.14 bits per heavy atom. The summed E-state index contributed by atoms with van der Waals surface area (Å²) in [6, 6.07) is 7.43. The SMILES string of the molecule is Cc1cccc(C(=O)NC[C@@H]2N=C(N)N3CC(NC(=O)c4cccc5c4OCCC5(C)C)C(O)(O)[C@@]34NC(N)=N[C@@H]24)n1. The number of amides is 2. The van der Waals surface area contributed by atoms with E-state index in [1.807, 2.05) is 6.07 Å². The monoisotopic (exact) mass is 577 g/mol. The first-order valence-corrected chi connectivity index (χ1v) is 13.8. The molecule has 2 amide bonds. The van der Waals surface area contributed by atoms with Gasteiger partial charge in [0.05, 0.1) is 18.2 Å². The molecule has 42 heavy (non-hydrogen) atoms. The topological polar surface area (TPSA) is 213 Å². The minimum atomic E-state index is -2.62. The standard InChI is InChI=1S/C28H35N9O5/c1-14-6-4-9-17(32-14)23(39)31-12-18-21-27(36-24(29)35-21)28(40,41)19(13-37(27)25(30)33-18)34-22(38)15-7-5-8-16-20(15)42-11-10-26(16,2)3/h4-9,18-19,21,40-41H,10-13H2,1-3H3,(H2,30,33)(H,31,39)(H,34,38)(H3,29,35,36)/t18-,19?,21-,27-/m0/s1. The number of guanidine groups is 2. The molecule has 1 fully saturated rings. The smallest absolute Gasteiger partial charge is 0.269 e. The van der Waals surface area contributed by atoms with Gasteiger partial charge in [0.15, 0.2) is 17.6 Å². The highest BCUT2D eigenvalue weighted by atomic mass is 16.5. The lowest BCUT2D eigenvalue weighted by atomic mass is 9.79. The molecule has 1 aromatic carbocycles. The number of aryl methyl sites for hydroxylation is 1. The number of rotatable bonds is 5. The van der Waals surface area contributed by atoms with Gasteiger partial charge in [0.25, 0.3) is 11.8 Å². The van der Waals surface area contributed by atoms with Gasteiger partial charge in [-0.1, -0.05) is 32.0 Å². The van der Waals surface area contributed by atoms with Gasteiger partial charge in [-0.3, -0.25) is 9.59 Å². The Labute approximate surface area is 242 Å². The normalized spacial score (nSPS) is 28.2. The molecule has 6 rings (SSSR count). The van der Waals surface area contributed by atoms with Gasteiger partial charge in [-0.25, -0.2) is 15.0 Å². The number of nitrogens with two attached hydrogens (primary N) is 2. The van der Waals surface area contributed by atoms with Crippen LogP contribution in [0.25, 0.3) is 0 Å². The lowest BCUT2D eigenvalue weighted by Crippen LogP contribution is -2.78. The number of carbonyl (C=O) groups is 2. The van der Waals surface area contributed by atoms with Crippen LogP contribution in [-0.2, 0) is 5.41 Å². The van der Waals surface area contributed by atoms with Crippen LogP contribution in [0.3, 0.4) is 0 Å². The second-order valence-corrected chi connectivity index (χ2v) is 11.8. The van der Waals surface area contributed by atoms with E-state index in [-0.39, 0.29) is 41.7 Å². The van der Waals surface area contributed by atoms with E-state index in [1.165, 1.54) is 4.90 Å². The van der Waals surface area contributed by atoms with Crippen molar-refractivity contribution in [3.63, 3.8) is 0 Å².